The minimum Gasteiger partial charge on any atom is -0.493 e. The van der Waals surface area contributed by atoms with Crippen LogP contribution in [-0.2, 0) is 13.0 Å². The van der Waals surface area contributed by atoms with E-state index in [2.05, 4.69) is 15.3 Å². The first-order valence-electron chi connectivity index (χ1n) is 10.5. The van der Waals surface area contributed by atoms with Crippen molar-refractivity contribution in [2.45, 2.75) is 51.2 Å². The molecule has 0 saturated heterocycles. The first-order valence-corrected chi connectivity index (χ1v) is 10.5. The van der Waals surface area contributed by atoms with Crippen LogP contribution in [-0.4, -0.2) is 37.8 Å². The number of pyridine rings is 1. The summed E-state index contributed by atoms with van der Waals surface area (Å²) in [7, 11) is 3.26. The highest BCUT2D eigenvalue weighted by molar-refractivity contribution is 14.0. The van der Waals surface area contributed by atoms with Crippen LogP contribution in [0.1, 0.15) is 43.2 Å². The highest BCUT2D eigenvalue weighted by Gasteiger charge is 2.15. The number of nitrogens with zero attached hydrogens (tertiary/aromatic N) is 2. The van der Waals surface area contributed by atoms with Crippen LogP contribution < -0.4 is 25.3 Å². The zero-order valence-corrected chi connectivity index (χ0v) is 20.6. The monoisotopic (exact) mass is 540 g/mol. The quantitative estimate of drug-likeness (QED) is 0.283. The molecular formula is C23H33IN4O3. The van der Waals surface area contributed by atoms with E-state index in [-0.39, 0.29) is 30.1 Å². The van der Waals surface area contributed by atoms with E-state index in [1.807, 2.05) is 30.3 Å². The predicted molar refractivity (Wildman–Crippen MR) is 134 cm³/mol. The van der Waals surface area contributed by atoms with Gasteiger partial charge in [0, 0.05) is 18.8 Å². The third kappa shape index (κ3) is 8.08. The van der Waals surface area contributed by atoms with Crippen LogP contribution in [0.15, 0.2) is 41.5 Å². The summed E-state index contributed by atoms with van der Waals surface area (Å²) in [6.07, 6.45) is 8.85. The molecule has 1 aromatic heterocycles. The largest absolute Gasteiger partial charge is 0.493 e. The third-order valence-electron chi connectivity index (χ3n) is 5.24. The number of benzene rings is 1. The number of ether oxygens (including phenoxy) is 3. The Balaban J connectivity index is 0.00000341. The van der Waals surface area contributed by atoms with Crippen molar-refractivity contribution in [3.05, 3.63) is 47.7 Å². The van der Waals surface area contributed by atoms with E-state index in [1.54, 1.807) is 20.4 Å². The van der Waals surface area contributed by atoms with Gasteiger partial charge in [0.2, 0.25) is 5.88 Å². The second-order valence-electron chi connectivity index (χ2n) is 7.45. The second-order valence-corrected chi connectivity index (χ2v) is 7.45. The van der Waals surface area contributed by atoms with E-state index < -0.39 is 0 Å². The highest BCUT2D eigenvalue weighted by atomic mass is 127. The van der Waals surface area contributed by atoms with Gasteiger partial charge in [-0.25, -0.2) is 9.98 Å². The molecule has 0 bridgehead atoms. The fourth-order valence-electron chi connectivity index (χ4n) is 3.57. The van der Waals surface area contributed by atoms with Gasteiger partial charge in [-0.2, -0.15) is 0 Å². The fourth-order valence-corrected chi connectivity index (χ4v) is 3.57. The number of guanidine groups is 1. The topological polar surface area (TPSA) is 91.0 Å². The number of hydrogen-bond donors (Lipinski definition) is 2. The van der Waals surface area contributed by atoms with Crippen LogP contribution in [0.25, 0.3) is 0 Å². The smallest absolute Gasteiger partial charge is 0.213 e. The highest BCUT2D eigenvalue weighted by Crippen LogP contribution is 2.27. The molecule has 1 heterocycles. The molecule has 0 unspecified atom stereocenters. The summed E-state index contributed by atoms with van der Waals surface area (Å²) in [5.74, 6) is 2.54. The Morgan fingerprint density at radius 3 is 2.58 bits per heavy atom. The number of hydrogen-bond acceptors (Lipinski definition) is 5. The summed E-state index contributed by atoms with van der Waals surface area (Å²) >= 11 is 0. The Kier molecular flexibility index (Phi) is 10.7. The zero-order valence-electron chi connectivity index (χ0n) is 18.3. The summed E-state index contributed by atoms with van der Waals surface area (Å²) in [6.45, 7) is 1.16. The lowest BCUT2D eigenvalue weighted by Gasteiger charge is -2.22. The maximum atomic E-state index is 6.03. The van der Waals surface area contributed by atoms with Crippen molar-refractivity contribution in [3.63, 3.8) is 0 Å². The second kappa shape index (κ2) is 13.2. The van der Waals surface area contributed by atoms with Gasteiger partial charge in [-0.1, -0.05) is 12.5 Å². The lowest BCUT2D eigenvalue weighted by molar-refractivity contribution is 0.148. The van der Waals surface area contributed by atoms with Crippen molar-refractivity contribution in [1.82, 2.24) is 10.3 Å². The van der Waals surface area contributed by atoms with Gasteiger partial charge in [-0.3, -0.25) is 0 Å². The minimum atomic E-state index is 0. The molecular weight excluding hydrogens is 507 g/mol. The Morgan fingerprint density at radius 1 is 1.06 bits per heavy atom. The van der Waals surface area contributed by atoms with Crippen molar-refractivity contribution in [2.75, 3.05) is 20.8 Å². The molecule has 3 N–H and O–H groups in total. The van der Waals surface area contributed by atoms with Crippen LogP contribution >= 0.6 is 24.0 Å². The zero-order chi connectivity index (χ0) is 21.2. The standard InChI is InChI=1S/C23H32N4O3.HI/c1-28-20-9-8-17(14-21(20)29-2)10-13-26-23(24)27-16-18-11-12-25-22(15-18)30-19-6-4-3-5-7-19;/h8-9,11-12,14-15,19H,3-7,10,13,16H2,1-2H3,(H3,24,26,27);1H. The number of aliphatic imine (C=N–C) groups is 1. The molecule has 0 amide bonds. The summed E-state index contributed by atoms with van der Waals surface area (Å²) in [4.78, 5) is 8.76. The van der Waals surface area contributed by atoms with Gasteiger partial charge in [0.05, 0.1) is 20.8 Å². The predicted octanol–water partition coefficient (Wildman–Crippen LogP) is 4.08. The molecule has 0 spiro atoms. The molecule has 7 nitrogen and oxygen atoms in total. The fraction of sp³-hybridized carbons (Fsp3) is 0.478. The number of nitrogens with two attached hydrogens (primary N) is 1. The summed E-state index contributed by atoms with van der Waals surface area (Å²) in [6, 6.07) is 9.78. The van der Waals surface area contributed by atoms with Gasteiger partial charge in [0.1, 0.15) is 6.10 Å². The van der Waals surface area contributed by atoms with Gasteiger partial charge in [0.25, 0.3) is 0 Å². The lowest BCUT2D eigenvalue weighted by Crippen LogP contribution is -2.33. The van der Waals surface area contributed by atoms with Crippen LogP contribution in [0, 0.1) is 0 Å². The Hall–Kier alpha value is -2.23. The summed E-state index contributed by atoms with van der Waals surface area (Å²) in [5, 5.41) is 3.16. The van der Waals surface area contributed by atoms with Crippen molar-refractivity contribution in [1.29, 1.82) is 0 Å². The molecule has 3 rings (SSSR count). The number of rotatable bonds is 9. The van der Waals surface area contributed by atoms with Gasteiger partial charge >= 0.3 is 0 Å². The Labute approximate surface area is 201 Å². The summed E-state index contributed by atoms with van der Waals surface area (Å²) < 4.78 is 16.6. The molecule has 1 saturated carbocycles. The first-order chi connectivity index (χ1) is 14.7. The van der Waals surface area contributed by atoms with E-state index in [0.717, 1.165) is 41.9 Å². The van der Waals surface area contributed by atoms with E-state index in [4.69, 9.17) is 19.9 Å². The maximum Gasteiger partial charge on any atom is 0.213 e. The van der Waals surface area contributed by atoms with Crippen molar-refractivity contribution in [2.24, 2.45) is 10.7 Å². The molecule has 0 aliphatic heterocycles. The molecule has 1 aliphatic carbocycles. The molecule has 31 heavy (non-hydrogen) atoms. The SMILES string of the molecule is COc1ccc(CCNC(N)=NCc2ccnc(OC3CCCCC3)c2)cc1OC.I. The summed E-state index contributed by atoms with van der Waals surface area (Å²) in [5.41, 5.74) is 8.18. The Morgan fingerprint density at radius 2 is 1.84 bits per heavy atom. The molecule has 2 aromatic rings. The molecule has 1 fully saturated rings. The molecule has 0 atom stereocenters. The van der Waals surface area contributed by atoms with E-state index in [1.165, 1.54) is 19.3 Å². The van der Waals surface area contributed by atoms with Gasteiger partial charge in [0.15, 0.2) is 17.5 Å². The number of halogens is 1. The number of methoxy groups -OCH3 is 2. The first kappa shape index (κ1) is 25.0. The average Bonchev–Trinajstić information content (AvgIpc) is 2.78. The molecule has 1 aliphatic rings. The Bertz CT molecular complexity index is 841. The lowest BCUT2D eigenvalue weighted by atomic mass is 9.98. The molecule has 170 valence electrons. The third-order valence-corrected chi connectivity index (χ3v) is 5.24. The van der Waals surface area contributed by atoms with E-state index in [0.29, 0.717) is 24.9 Å². The molecule has 0 radical (unpaired) electrons. The van der Waals surface area contributed by atoms with E-state index in [9.17, 15) is 0 Å². The maximum absolute atomic E-state index is 6.03. The van der Waals surface area contributed by atoms with Gasteiger partial charge in [-0.15, -0.1) is 24.0 Å². The number of nitrogens with one attached hydrogen (secondary N) is 1. The van der Waals surface area contributed by atoms with Crippen LogP contribution in [0.4, 0.5) is 0 Å². The van der Waals surface area contributed by atoms with Crippen molar-refractivity contribution < 1.29 is 14.2 Å². The molecule has 1 aromatic carbocycles. The van der Waals surface area contributed by atoms with E-state index >= 15 is 0 Å². The van der Waals surface area contributed by atoms with Gasteiger partial charge < -0.3 is 25.3 Å². The number of aromatic nitrogens is 1. The van der Waals surface area contributed by atoms with Crippen molar-refractivity contribution in [3.8, 4) is 17.4 Å². The van der Waals surface area contributed by atoms with Crippen LogP contribution in [0.2, 0.25) is 0 Å². The average molecular weight is 540 g/mol. The van der Waals surface area contributed by atoms with Crippen LogP contribution in [0.5, 0.6) is 17.4 Å². The van der Waals surface area contributed by atoms with Crippen LogP contribution in [0.3, 0.4) is 0 Å². The normalized spacial score (nSPS) is 14.5. The minimum absolute atomic E-state index is 0. The van der Waals surface area contributed by atoms with Gasteiger partial charge in [-0.05, 0) is 61.4 Å². The van der Waals surface area contributed by atoms with Crippen molar-refractivity contribution >= 4 is 29.9 Å². The molecule has 8 heteroatoms.